The van der Waals surface area contributed by atoms with Crippen molar-refractivity contribution in [1.29, 1.82) is 0 Å². The number of primary amides is 2. The van der Waals surface area contributed by atoms with Gasteiger partial charge in [0.2, 0.25) is 41.4 Å². The normalized spacial score (nSPS) is 14.3. The Morgan fingerprint density at radius 1 is 0.691 bits per heavy atom. The molecule has 6 atom stereocenters. The fourth-order valence-electron chi connectivity index (χ4n) is 5.52. The second kappa shape index (κ2) is 23.6. The average Bonchev–Trinajstić information content (AvgIpc) is 3.13. The van der Waals surface area contributed by atoms with Gasteiger partial charge in [0.15, 0.2) is 0 Å². The smallest absolute Gasteiger partial charge is 0.243 e. The highest BCUT2D eigenvalue weighted by atomic mass is 32.2. The van der Waals surface area contributed by atoms with E-state index in [0.717, 1.165) is 0 Å². The minimum atomic E-state index is -1.25. The van der Waals surface area contributed by atoms with Crippen molar-refractivity contribution in [2.24, 2.45) is 29.0 Å². The number of nitrogens with one attached hydrogen (secondary N) is 5. The van der Waals surface area contributed by atoms with Crippen molar-refractivity contribution in [1.82, 2.24) is 26.6 Å². The van der Waals surface area contributed by atoms with E-state index in [1.807, 2.05) is 20.1 Å². The summed E-state index contributed by atoms with van der Waals surface area (Å²) in [7, 11) is 0. The lowest BCUT2D eigenvalue weighted by Gasteiger charge is -2.29. The van der Waals surface area contributed by atoms with E-state index in [2.05, 4.69) is 38.7 Å². The molecule has 0 bridgehead atoms. The van der Waals surface area contributed by atoms with Gasteiger partial charge < -0.3 is 43.8 Å². The number of thioether (sulfide) groups is 1. The van der Waals surface area contributed by atoms with Crippen molar-refractivity contribution in [2.75, 3.05) is 12.0 Å². The van der Waals surface area contributed by atoms with E-state index in [-0.39, 0.29) is 38.0 Å². The van der Waals surface area contributed by atoms with Gasteiger partial charge in [0.1, 0.15) is 30.2 Å². The highest BCUT2D eigenvalue weighted by Crippen LogP contribution is 2.12. The number of amides is 7. The predicted molar refractivity (Wildman–Crippen MR) is 211 cm³/mol. The Morgan fingerprint density at radius 2 is 1.27 bits per heavy atom. The zero-order valence-corrected chi connectivity index (χ0v) is 33.0. The van der Waals surface area contributed by atoms with Gasteiger partial charge in [-0.25, -0.2) is 0 Å². The van der Waals surface area contributed by atoms with Crippen molar-refractivity contribution in [3.63, 3.8) is 0 Å². The van der Waals surface area contributed by atoms with Crippen LogP contribution in [0, 0.1) is 24.0 Å². The van der Waals surface area contributed by atoms with Gasteiger partial charge in [0.25, 0.3) is 0 Å². The van der Waals surface area contributed by atoms with Crippen LogP contribution in [0.25, 0.3) is 0 Å². The quantitative estimate of drug-likeness (QED) is 0.0714. The number of rotatable bonds is 24. The molecule has 0 saturated carbocycles. The molecule has 55 heavy (non-hydrogen) atoms. The largest absolute Gasteiger partial charge is 0.370 e. The molecule has 0 spiro atoms. The van der Waals surface area contributed by atoms with Crippen molar-refractivity contribution in [3.05, 3.63) is 71.8 Å². The fourth-order valence-corrected chi connectivity index (χ4v) is 5.99. The van der Waals surface area contributed by atoms with Gasteiger partial charge >= 0.3 is 0 Å². The third-order valence-electron chi connectivity index (χ3n) is 8.58. The molecule has 11 N–H and O–H groups in total. The summed E-state index contributed by atoms with van der Waals surface area (Å²) in [6, 6.07) is 13.0. The zero-order chi connectivity index (χ0) is 41.1. The van der Waals surface area contributed by atoms with Crippen LogP contribution >= 0.6 is 11.8 Å². The van der Waals surface area contributed by atoms with Crippen LogP contribution in [0.1, 0.15) is 64.5 Å². The Morgan fingerprint density at radius 3 is 1.84 bits per heavy atom. The molecule has 16 heteroatoms. The van der Waals surface area contributed by atoms with Gasteiger partial charge in [-0.2, -0.15) is 11.8 Å². The fraction of sp³-hybridized carbons (Fsp3) is 0.513. The van der Waals surface area contributed by atoms with Crippen LogP contribution in [0.4, 0.5) is 0 Å². The van der Waals surface area contributed by atoms with Crippen molar-refractivity contribution in [2.45, 2.75) is 102 Å². The van der Waals surface area contributed by atoms with E-state index in [0.29, 0.717) is 23.3 Å². The van der Waals surface area contributed by atoms with Crippen molar-refractivity contribution < 1.29 is 33.6 Å². The summed E-state index contributed by atoms with van der Waals surface area (Å²) in [5.74, 6) is -4.56. The van der Waals surface area contributed by atoms with Gasteiger partial charge in [0, 0.05) is 24.8 Å². The van der Waals surface area contributed by atoms with Crippen molar-refractivity contribution >= 4 is 53.1 Å². The van der Waals surface area contributed by atoms with Gasteiger partial charge in [-0.05, 0) is 60.8 Å². The molecule has 0 radical (unpaired) electrons. The molecule has 0 saturated heterocycles. The summed E-state index contributed by atoms with van der Waals surface area (Å²) in [6.07, 6.45) is 2.26. The summed E-state index contributed by atoms with van der Waals surface area (Å²) in [5, 5.41) is 13.5. The van der Waals surface area contributed by atoms with Crippen LogP contribution in [0.2, 0.25) is 0 Å². The first-order chi connectivity index (χ1) is 26.0. The minimum Gasteiger partial charge on any atom is -0.370 e. The summed E-state index contributed by atoms with van der Waals surface area (Å²) in [5.41, 5.74) is 18.0. The van der Waals surface area contributed by atoms with Crippen LogP contribution in [0.3, 0.4) is 0 Å². The highest BCUT2D eigenvalue weighted by Gasteiger charge is 2.34. The molecule has 0 aliphatic carbocycles. The maximum absolute atomic E-state index is 14.1. The third kappa shape index (κ3) is 16.8. The maximum atomic E-state index is 14.1. The summed E-state index contributed by atoms with van der Waals surface area (Å²) < 4.78 is 0. The van der Waals surface area contributed by atoms with Crippen LogP contribution < -0.4 is 43.8 Å². The van der Waals surface area contributed by atoms with Crippen LogP contribution in [0.5, 0.6) is 0 Å². The first-order valence-corrected chi connectivity index (χ1v) is 19.7. The lowest BCUT2D eigenvalue weighted by molar-refractivity contribution is -0.135. The van der Waals surface area contributed by atoms with E-state index in [9.17, 15) is 33.6 Å². The first kappa shape index (κ1) is 46.0. The Labute approximate surface area is 327 Å². The second-order valence-corrected chi connectivity index (χ2v) is 15.1. The molecule has 0 aliphatic rings. The topological polar surface area (TPSA) is 258 Å². The Kier molecular flexibility index (Phi) is 19.7. The van der Waals surface area contributed by atoms with E-state index >= 15 is 0 Å². The molecule has 0 aliphatic heterocycles. The predicted octanol–water partition coefficient (Wildman–Crippen LogP) is 0.0295. The summed E-state index contributed by atoms with van der Waals surface area (Å²) >= 11 is 1.49. The zero-order valence-electron chi connectivity index (χ0n) is 32.2. The number of hydrogen-bond acceptors (Lipinski definition) is 9. The average molecular weight is 781 g/mol. The molecule has 0 unspecified atom stereocenters. The highest BCUT2D eigenvalue weighted by molar-refractivity contribution is 7.98. The number of hydrogen-bond donors (Lipinski definition) is 8. The number of benzene rings is 1. The summed E-state index contributed by atoms with van der Waals surface area (Å²) in [6.45, 7) is 7.18. The third-order valence-corrected chi connectivity index (χ3v) is 9.22. The molecule has 2 aromatic carbocycles. The molecule has 0 aromatic heterocycles. The second-order valence-electron chi connectivity index (χ2n) is 14.1. The maximum Gasteiger partial charge on any atom is 0.243 e. The molecule has 2 aromatic rings. The molecular weight excluding hydrogens is 725 g/mol. The molecular formula is C39H56N8O7S. The van der Waals surface area contributed by atoms with Crippen LogP contribution in [-0.4, -0.2) is 89.6 Å². The van der Waals surface area contributed by atoms with Gasteiger partial charge in [-0.15, -0.1) is 0 Å². The molecule has 7 amide bonds. The Balaban J connectivity index is 2.37. The Hall–Kier alpha value is -5.14. The minimum absolute atomic E-state index is 0.0260. The number of nitrogens with two attached hydrogens (primary N) is 3. The SMILES string of the molecule is CSCC[C@H](NC(=O)[C@H](CC(C)C)NC(=O)[C@@H](NC(=O)[C@H](Cc1c#cccc1)NC(=O)[C@H](Cc1ccccc1)NC(=O)[C@@H](N)CCC(N)=O)C(C)C)C(N)=O. The number of carbonyl (C=O) groups excluding carboxylic acids is 7. The lowest BCUT2D eigenvalue weighted by Crippen LogP contribution is -2.61. The molecule has 0 fully saturated rings. The number of carbonyl (C=O) groups is 7. The first-order valence-electron chi connectivity index (χ1n) is 18.3. The van der Waals surface area contributed by atoms with Gasteiger partial charge in [0.05, 0.1) is 6.04 Å². The van der Waals surface area contributed by atoms with E-state index in [4.69, 9.17) is 17.2 Å². The van der Waals surface area contributed by atoms with Crippen LogP contribution in [0.15, 0.2) is 48.5 Å². The van der Waals surface area contributed by atoms with E-state index < -0.39 is 83.5 Å². The summed E-state index contributed by atoms with van der Waals surface area (Å²) in [4.78, 5) is 91.6. The monoisotopic (exact) mass is 780 g/mol. The van der Waals surface area contributed by atoms with Crippen molar-refractivity contribution in [3.8, 4) is 0 Å². The molecule has 0 heterocycles. The van der Waals surface area contributed by atoms with E-state index in [1.54, 1.807) is 62.4 Å². The Bertz CT molecular complexity index is 1580. The van der Waals surface area contributed by atoms with E-state index in [1.165, 1.54) is 11.8 Å². The van der Waals surface area contributed by atoms with Gasteiger partial charge in [-0.3, -0.25) is 33.6 Å². The molecule has 15 nitrogen and oxygen atoms in total. The van der Waals surface area contributed by atoms with Gasteiger partial charge in [-0.1, -0.05) is 76.2 Å². The van der Waals surface area contributed by atoms with Crippen LogP contribution in [-0.2, 0) is 46.4 Å². The lowest BCUT2D eigenvalue weighted by atomic mass is 9.98. The standard InChI is InChI=1S/C39H56N8O7S/c1-23(2)20-29(36(51)43-28(34(42)49)18-19-55-5)46-39(54)33(24(3)4)47-38(53)31(22-26-14-10-7-11-15-26)45-37(52)30(21-25-12-8-6-9-13-25)44-35(50)27(40)16-17-32(41)48/h6-10,12-14,23-24,27-31,33H,16-22,40H2,1-5H3,(H2,41,48)(H2,42,49)(H,43,51)(H,44,50)(H,45,52)(H,46,54)(H,47,53)/t27-,28-,29-,30-,31-,33-/m0/s1. The molecule has 300 valence electrons. The molecule has 2 rings (SSSR count).